The van der Waals surface area contributed by atoms with E-state index in [4.69, 9.17) is 4.52 Å². The summed E-state index contributed by atoms with van der Waals surface area (Å²) in [6.07, 6.45) is 2.56. The van der Waals surface area contributed by atoms with Crippen molar-refractivity contribution in [3.63, 3.8) is 0 Å². The van der Waals surface area contributed by atoms with Crippen LogP contribution < -0.4 is 5.32 Å². The standard InChI is InChI=1S/C14H26N6O/c1-5-20-8-6-7-12(20)10-19(4)14(15-3)16-9-13-17-11(2)21-18-13/h12H,5-10H2,1-4H3,(H,15,16). The number of nitrogens with one attached hydrogen (secondary N) is 1. The van der Waals surface area contributed by atoms with Crippen LogP contribution in [0.3, 0.4) is 0 Å². The minimum Gasteiger partial charge on any atom is -0.349 e. The predicted octanol–water partition coefficient (Wildman–Crippen LogP) is 0.870. The molecule has 1 fully saturated rings. The Bertz CT molecular complexity index is 472. The Morgan fingerprint density at radius 3 is 3.00 bits per heavy atom. The summed E-state index contributed by atoms with van der Waals surface area (Å²) in [4.78, 5) is 13.2. The first-order valence-corrected chi connectivity index (χ1v) is 7.59. The summed E-state index contributed by atoms with van der Waals surface area (Å²) < 4.78 is 4.97. The smallest absolute Gasteiger partial charge is 0.223 e. The molecule has 2 rings (SSSR count). The lowest BCUT2D eigenvalue weighted by molar-refractivity contribution is 0.232. The average Bonchev–Trinajstić information content (AvgIpc) is 3.08. The minimum absolute atomic E-state index is 0.524. The van der Waals surface area contributed by atoms with E-state index in [1.165, 1.54) is 19.4 Å². The molecule has 7 nitrogen and oxygen atoms in total. The van der Waals surface area contributed by atoms with Crippen molar-refractivity contribution in [1.29, 1.82) is 0 Å². The second-order valence-electron chi connectivity index (χ2n) is 5.44. The summed E-state index contributed by atoms with van der Waals surface area (Å²) in [7, 11) is 3.87. The molecule has 0 bridgehead atoms. The number of hydrogen-bond donors (Lipinski definition) is 1. The van der Waals surface area contributed by atoms with Crippen molar-refractivity contribution >= 4 is 5.96 Å². The molecule has 0 aliphatic carbocycles. The number of aryl methyl sites for hydroxylation is 1. The van der Waals surface area contributed by atoms with E-state index in [9.17, 15) is 0 Å². The van der Waals surface area contributed by atoms with Gasteiger partial charge in [-0.15, -0.1) is 0 Å². The van der Waals surface area contributed by atoms with E-state index < -0.39 is 0 Å². The Kier molecular flexibility index (Phi) is 5.55. The predicted molar refractivity (Wildman–Crippen MR) is 82.1 cm³/mol. The van der Waals surface area contributed by atoms with Gasteiger partial charge < -0.3 is 14.7 Å². The Morgan fingerprint density at radius 1 is 1.57 bits per heavy atom. The van der Waals surface area contributed by atoms with E-state index >= 15 is 0 Å². The van der Waals surface area contributed by atoms with E-state index in [0.29, 0.717) is 24.3 Å². The molecule has 0 spiro atoms. The summed E-state index contributed by atoms with van der Waals surface area (Å²) in [5.74, 6) is 2.10. The second-order valence-corrected chi connectivity index (χ2v) is 5.44. The lowest BCUT2D eigenvalue weighted by Gasteiger charge is -2.29. The largest absolute Gasteiger partial charge is 0.349 e. The van der Waals surface area contributed by atoms with E-state index in [1.54, 1.807) is 14.0 Å². The highest BCUT2D eigenvalue weighted by Gasteiger charge is 2.24. The van der Waals surface area contributed by atoms with Crippen molar-refractivity contribution in [2.75, 3.05) is 33.7 Å². The minimum atomic E-state index is 0.524. The van der Waals surface area contributed by atoms with Gasteiger partial charge in [-0.25, -0.2) is 0 Å². The molecule has 1 N–H and O–H groups in total. The van der Waals surface area contributed by atoms with Crippen LogP contribution in [0.2, 0.25) is 0 Å². The van der Waals surface area contributed by atoms with Gasteiger partial charge in [0.15, 0.2) is 11.8 Å². The highest BCUT2D eigenvalue weighted by atomic mass is 16.5. The highest BCUT2D eigenvalue weighted by Crippen LogP contribution is 2.17. The van der Waals surface area contributed by atoms with Gasteiger partial charge in [0.2, 0.25) is 5.89 Å². The highest BCUT2D eigenvalue weighted by molar-refractivity contribution is 5.79. The Hall–Kier alpha value is -1.63. The van der Waals surface area contributed by atoms with Crippen molar-refractivity contribution in [3.05, 3.63) is 11.7 Å². The van der Waals surface area contributed by atoms with Gasteiger partial charge in [-0.2, -0.15) is 4.98 Å². The third kappa shape index (κ3) is 4.17. The fraction of sp³-hybridized carbons (Fsp3) is 0.786. The van der Waals surface area contributed by atoms with Crippen molar-refractivity contribution in [1.82, 2.24) is 25.3 Å². The molecule has 1 atom stereocenters. The van der Waals surface area contributed by atoms with Crippen molar-refractivity contribution in [2.24, 2.45) is 4.99 Å². The molecule has 0 amide bonds. The van der Waals surface area contributed by atoms with E-state index in [-0.39, 0.29) is 0 Å². The third-order valence-electron chi connectivity index (χ3n) is 3.94. The van der Waals surface area contributed by atoms with Crippen LogP contribution in [-0.4, -0.2) is 65.7 Å². The summed E-state index contributed by atoms with van der Waals surface area (Å²) in [5.41, 5.74) is 0. The molecule has 7 heteroatoms. The zero-order valence-corrected chi connectivity index (χ0v) is 13.5. The van der Waals surface area contributed by atoms with E-state index in [2.05, 4.69) is 44.2 Å². The van der Waals surface area contributed by atoms with Crippen LogP contribution in [0.25, 0.3) is 0 Å². The first-order valence-electron chi connectivity index (χ1n) is 7.59. The lowest BCUT2D eigenvalue weighted by Crippen LogP contribution is -2.45. The molecule has 0 saturated carbocycles. The lowest BCUT2D eigenvalue weighted by atomic mass is 10.2. The number of guanidine groups is 1. The zero-order chi connectivity index (χ0) is 15.2. The first-order chi connectivity index (χ1) is 10.1. The maximum Gasteiger partial charge on any atom is 0.223 e. The zero-order valence-electron chi connectivity index (χ0n) is 13.5. The molecular formula is C14H26N6O. The van der Waals surface area contributed by atoms with Crippen LogP contribution >= 0.6 is 0 Å². The van der Waals surface area contributed by atoms with Gasteiger partial charge in [0.25, 0.3) is 0 Å². The summed E-state index contributed by atoms with van der Waals surface area (Å²) in [6, 6.07) is 0.617. The number of likely N-dealkylation sites (N-methyl/N-ethyl adjacent to an activating group) is 2. The molecule has 1 saturated heterocycles. The van der Waals surface area contributed by atoms with Gasteiger partial charge >= 0.3 is 0 Å². The molecule has 1 aliphatic heterocycles. The van der Waals surface area contributed by atoms with Crippen molar-refractivity contribution in [3.8, 4) is 0 Å². The Balaban J connectivity index is 1.85. The maximum absolute atomic E-state index is 4.97. The van der Waals surface area contributed by atoms with Gasteiger partial charge in [0.05, 0.1) is 6.54 Å². The molecule has 118 valence electrons. The molecule has 0 aromatic carbocycles. The fourth-order valence-corrected chi connectivity index (χ4v) is 2.88. The first kappa shape index (κ1) is 15.8. The average molecular weight is 294 g/mol. The summed E-state index contributed by atoms with van der Waals surface area (Å²) in [6.45, 7) is 7.85. The van der Waals surface area contributed by atoms with Gasteiger partial charge in [0, 0.05) is 33.6 Å². The Labute approximate surface area is 126 Å². The SMILES string of the molecule is CCN1CCCC1CN(C)C(=NC)NCc1noc(C)n1. The number of hydrogen-bond acceptors (Lipinski definition) is 5. The fourth-order valence-electron chi connectivity index (χ4n) is 2.88. The number of nitrogens with zero attached hydrogens (tertiary/aromatic N) is 5. The molecule has 1 aromatic heterocycles. The van der Waals surface area contributed by atoms with E-state index in [1.807, 2.05) is 0 Å². The monoisotopic (exact) mass is 294 g/mol. The number of likely N-dealkylation sites (tertiary alicyclic amines) is 1. The quantitative estimate of drug-likeness (QED) is 0.642. The van der Waals surface area contributed by atoms with Gasteiger partial charge in [-0.05, 0) is 25.9 Å². The maximum atomic E-state index is 4.97. The van der Waals surface area contributed by atoms with Crippen LogP contribution in [0.1, 0.15) is 31.5 Å². The van der Waals surface area contributed by atoms with Gasteiger partial charge in [-0.1, -0.05) is 12.1 Å². The van der Waals surface area contributed by atoms with Crippen LogP contribution in [0.4, 0.5) is 0 Å². The molecular weight excluding hydrogens is 268 g/mol. The molecule has 1 aliphatic rings. The van der Waals surface area contributed by atoms with Crippen LogP contribution in [0.5, 0.6) is 0 Å². The summed E-state index contributed by atoms with van der Waals surface area (Å²) >= 11 is 0. The molecule has 1 aromatic rings. The van der Waals surface area contributed by atoms with Crippen LogP contribution in [0, 0.1) is 6.92 Å². The molecule has 1 unspecified atom stereocenters. The number of aromatic nitrogens is 2. The summed E-state index contributed by atoms with van der Waals surface area (Å²) in [5, 5.41) is 7.16. The molecule has 0 radical (unpaired) electrons. The van der Waals surface area contributed by atoms with Crippen LogP contribution in [-0.2, 0) is 6.54 Å². The second kappa shape index (κ2) is 7.40. The van der Waals surface area contributed by atoms with Gasteiger partial charge in [-0.3, -0.25) is 9.89 Å². The third-order valence-corrected chi connectivity index (χ3v) is 3.94. The van der Waals surface area contributed by atoms with Crippen molar-refractivity contribution < 1.29 is 4.52 Å². The topological polar surface area (TPSA) is 69.8 Å². The Morgan fingerprint density at radius 2 is 2.38 bits per heavy atom. The van der Waals surface area contributed by atoms with Gasteiger partial charge in [0.1, 0.15) is 0 Å². The normalized spacial score (nSPS) is 20.0. The van der Waals surface area contributed by atoms with Crippen molar-refractivity contribution in [2.45, 2.75) is 39.3 Å². The van der Waals surface area contributed by atoms with E-state index in [0.717, 1.165) is 19.0 Å². The molecule has 2 heterocycles. The molecule has 21 heavy (non-hydrogen) atoms. The number of aliphatic imine (C=N–C) groups is 1. The number of rotatable bonds is 5. The van der Waals surface area contributed by atoms with Crippen LogP contribution in [0.15, 0.2) is 9.52 Å².